The molecule has 1 atom stereocenters. The SMILES string of the molecule is CC1(C)CCC(COc2cc(C(=O)O)ccc2N)O1. The van der Waals surface area contributed by atoms with Crippen LogP contribution in [0.2, 0.25) is 0 Å². The predicted octanol–water partition coefficient (Wildman–Crippen LogP) is 2.30. The number of carboxylic acids is 1. The van der Waals surface area contributed by atoms with Gasteiger partial charge in [0.25, 0.3) is 0 Å². The van der Waals surface area contributed by atoms with Crippen LogP contribution in [-0.2, 0) is 4.74 Å². The first-order valence-corrected chi connectivity index (χ1v) is 6.31. The van der Waals surface area contributed by atoms with E-state index in [1.807, 2.05) is 13.8 Å². The van der Waals surface area contributed by atoms with Crippen LogP contribution >= 0.6 is 0 Å². The maximum absolute atomic E-state index is 10.9. The first kappa shape index (κ1) is 13.7. The number of nitrogen functional groups attached to an aromatic ring is 1. The van der Waals surface area contributed by atoms with Crippen LogP contribution in [0.1, 0.15) is 37.0 Å². The average Bonchev–Trinajstić information content (AvgIpc) is 2.67. The van der Waals surface area contributed by atoms with Gasteiger partial charge in [-0.1, -0.05) is 0 Å². The van der Waals surface area contributed by atoms with Crippen LogP contribution in [0.25, 0.3) is 0 Å². The van der Waals surface area contributed by atoms with Crippen LogP contribution in [0.4, 0.5) is 5.69 Å². The van der Waals surface area contributed by atoms with Crippen molar-refractivity contribution < 1.29 is 19.4 Å². The van der Waals surface area contributed by atoms with E-state index < -0.39 is 5.97 Å². The number of hydrogen-bond donors (Lipinski definition) is 2. The molecular weight excluding hydrogens is 246 g/mol. The molecule has 5 nitrogen and oxygen atoms in total. The van der Waals surface area contributed by atoms with Crippen LogP contribution in [-0.4, -0.2) is 29.4 Å². The third-order valence-electron chi connectivity index (χ3n) is 3.24. The summed E-state index contributed by atoms with van der Waals surface area (Å²) in [6.07, 6.45) is 1.96. The van der Waals surface area contributed by atoms with Crippen molar-refractivity contribution >= 4 is 11.7 Å². The van der Waals surface area contributed by atoms with Crippen molar-refractivity contribution in [3.05, 3.63) is 23.8 Å². The Morgan fingerprint density at radius 2 is 2.32 bits per heavy atom. The molecule has 0 amide bonds. The summed E-state index contributed by atoms with van der Waals surface area (Å²) in [6, 6.07) is 4.44. The van der Waals surface area contributed by atoms with Gasteiger partial charge >= 0.3 is 5.97 Å². The smallest absolute Gasteiger partial charge is 0.335 e. The van der Waals surface area contributed by atoms with E-state index in [-0.39, 0.29) is 17.3 Å². The highest BCUT2D eigenvalue weighted by molar-refractivity contribution is 5.89. The van der Waals surface area contributed by atoms with Crippen LogP contribution < -0.4 is 10.5 Å². The topological polar surface area (TPSA) is 81.8 Å². The molecule has 2 rings (SSSR count). The van der Waals surface area contributed by atoms with E-state index in [1.54, 1.807) is 0 Å². The van der Waals surface area contributed by atoms with Gasteiger partial charge in [0.1, 0.15) is 12.4 Å². The summed E-state index contributed by atoms with van der Waals surface area (Å²) in [5.41, 5.74) is 6.26. The second-order valence-corrected chi connectivity index (χ2v) is 5.41. The van der Waals surface area contributed by atoms with E-state index in [0.29, 0.717) is 18.0 Å². The summed E-state index contributed by atoms with van der Waals surface area (Å²) in [5.74, 6) is -0.601. The van der Waals surface area contributed by atoms with Gasteiger partial charge in [0.2, 0.25) is 0 Å². The predicted molar refractivity (Wildman–Crippen MR) is 71.5 cm³/mol. The Morgan fingerprint density at radius 3 is 2.89 bits per heavy atom. The zero-order chi connectivity index (χ0) is 14.0. The van der Waals surface area contributed by atoms with E-state index in [2.05, 4.69) is 0 Å². The molecule has 5 heteroatoms. The number of carbonyl (C=O) groups is 1. The first-order valence-electron chi connectivity index (χ1n) is 6.31. The number of anilines is 1. The van der Waals surface area contributed by atoms with Gasteiger partial charge in [-0.05, 0) is 44.9 Å². The highest BCUT2D eigenvalue weighted by atomic mass is 16.6. The van der Waals surface area contributed by atoms with Crippen molar-refractivity contribution in [1.82, 2.24) is 0 Å². The normalized spacial score (nSPS) is 21.3. The maximum atomic E-state index is 10.9. The lowest BCUT2D eigenvalue weighted by Gasteiger charge is -2.19. The van der Waals surface area contributed by atoms with Crippen molar-refractivity contribution in [3.63, 3.8) is 0 Å². The van der Waals surface area contributed by atoms with Gasteiger partial charge < -0.3 is 20.3 Å². The molecule has 104 valence electrons. The fraction of sp³-hybridized carbons (Fsp3) is 0.500. The molecule has 0 spiro atoms. The lowest BCUT2D eigenvalue weighted by atomic mass is 10.1. The molecule has 1 aromatic rings. The van der Waals surface area contributed by atoms with E-state index in [0.717, 1.165) is 12.8 Å². The maximum Gasteiger partial charge on any atom is 0.335 e. The van der Waals surface area contributed by atoms with Crippen molar-refractivity contribution in [3.8, 4) is 5.75 Å². The Balaban J connectivity index is 2.00. The number of rotatable bonds is 4. The number of hydrogen-bond acceptors (Lipinski definition) is 4. The molecule has 1 aromatic carbocycles. The summed E-state index contributed by atoms with van der Waals surface area (Å²) in [5, 5.41) is 8.93. The van der Waals surface area contributed by atoms with Gasteiger partial charge in [-0.15, -0.1) is 0 Å². The van der Waals surface area contributed by atoms with Crippen LogP contribution in [0, 0.1) is 0 Å². The van der Waals surface area contributed by atoms with Crippen LogP contribution in [0.15, 0.2) is 18.2 Å². The fourth-order valence-corrected chi connectivity index (χ4v) is 2.17. The number of aromatic carboxylic acids is 1. The highest BCUT2D eigenvalue weighted by Crippen LogP contribution is 2.30. The summed E-state index contributed by atoms with van der Waals surface area (Å²) in [4.78, 5) is 10.9. The standard InChI is InChI=1S/C14H19NO4/c1-14(2)6-5-10(19-14)8-18-12-7-9(13(16)17)3-4-11(12)15/h3-4,7,10H,5-6,8,15H2,1-2H3,(H,16,17). The van der Waals surface area contributed by atoms with E-state index in [4.69, 9.17) is 20.3 Å². The molecule has 1 unspecified atom stereocenters. The Labute approximate surface area is 112 Å². The lowest BCUT2D eigenvalue weighted by Crippen LogP contribution is -2.24. The first-order chi connectivity index (χ1) is 8.87. The van der Waals surface area contributed by atoms with Gasteiger partial charge in [-0.3, -0.25) is 0 Å². The summed E-state index contributed by atoms with van der Waals surface area (Å²) in [7, 11) is 0. The minimum Gasteiger partial charge on any atom is -0.489 e. The molecule has 0 aliphatic carbocycles. The largest absolute Gasteiger partial charge is 0.489 e. The van der Waals surface area contributed by atoms with E-state index >= 15 is 0 Å². The van der Waals surface area contributed by atoms with Crippen LogP contribution in [0.5, 0.6) is 5.75 Å². The molecule has 3 N–H and O–H groups in total. The third-order valence-corrected chi connectivity index (χ3v) is 3.24. The molecule has 0 radical (unpaired) electrons. The number of carboxylic acid groups (broad SMARTS) is 1. The summed E-state index contributed by atoms with van der Waals surface area (Å²) >= 11 is 0. The minimum absolute atomic E-state index is 0.0304. The molecule has 1 heterocycles. The Hall–Kier alpha value is -1.75. The number of ether oxygens (including phenoxy) is 2. The molecule has 1 aliphatic rings. The molecule has 0 bridgehead atoms. The molecular formula is C14H19NO4. The van der Waals surface area contributed by atoms with Gasteiger partial charge in [0.05, 0.1) is 23.0 Å². The second-order valence-electron chi connectivity index (χ2n) is 5.41. The Morgan fingerprint density at radius 1 is 1.58 bits per heavy atom. The molecule has 19 heavy (non-hydrogen) atoms. The number of benzene rings is 1. The van der Waals surface area contributed by atoms with Crippen molar-refractivity contribution in [2.24, 2.45) is 0 Å². The zero-order valence-electron chi connectivity index (χ0n) is 11.2. The molecule has 1 aliphatic heterocycles. The molecule has 0 saturated carbocycles. The zero-order valence-corrected chi connectivity index (χ0v) is 11.2. The van der Waals surface area contributed by atoms with Crippen molar-refractivity contribution in [2.45, 2.75) is 38.4 Å². The van der Waals surface area contributed by atoms with Gasteiger partial charge in [0, 0.05) is 0 Å². The second kappa shape index (κ2) is 5.09. The Bertz CT molecular complexity index is 484. The number of nitrogens with two attached hydrogens (primary N) is 1. The van der Waals surface area contributed by atoms with Crippen LogP contribution in [0.3, 0.4) is 0 Å². The van der Waals surface area contributed by atoms with E-state index in [9.17, 15) is 4.79 Å². The van der Waals surface area contributed by atoms with E-state index in [1.165, 1.54) is 18.2 Å². The molecule has 1 saturated heterocycles. The lowest BCUT2D eigenvalue weighted by molar-refractivity contribution is -0.0325. The van der Waals surface area contributed by atoms with Crippen molar-refractivity contribution in [2.75, 3.05) is 12.3 Å². The molecule has 0 aromatic heterocycles. The third kappa shape index (κ3) is 3.38. The highest BCUT2D eigenvalue weighted by Gasteiger charge is 2.32. The summed E-state index contributed by atoms with van der Waals surface area (Å²) < 4.78 is 11.4. The van der Waals surface area contributed by atoms with Gasteiger partial charge in [0.15, 0.2) is 0 Å². The fourth-order valence-electron chi connectivity index (χ4n) is 2.17. The summed E-state index contributed by atoms with van der Waals surface area (Å²) in [6.45, 7) is 4.48. The van der Waals surface area contributed by atoms with Crippen molar-refractivity contribution in [1.29, 1.82) is 0 Å². The monoisotopic (exact) mass is 265 g/mol. The van der Waals surface area contributed by atoms with Gasteiger partial charge in [-0.25, -0.2) is 4.79 Å². The quantitative estimate of drug-likeness (QED) is 0.816. The Kier molecular flexibility index (Phi) is 3.66. The molecule has 1 fully saturated rings. The van der Waals surface area contributed by atoms with Gasteiger partial charge in [-0.2, -0.15) is 0 Å². The average molecular weight is 265 g/mol. The minimum atomic E-state index is -0.997.